The summed E-state index contributed by atoms with van der Waals surface area (Å²) in [4.78, 5) is 26.1. The van der Waals surface area contributed by atoms with E-state index in [0.717, 1.165) is 5.56 Å². The van der Waals surface area contributed by atoms with Gasteiger partial charge in [-0.3, -0.25) is 9.69 Å². The van der Waals surface area contributed by atoms with Crippen molar-refractivity contribution in [3.8, 4) is 0 Å². The van der Waals surface area contributed by atoms with Gasteiger partial charge in [-0.25, -0.2) is 4.79 Å². The Hall–Kier alpha value is -1.84. The summed E-state index contributed by atoms with van der Waals surface area (Å²) in [5.41, 5.74) is 1.03. The highest BCUT2D eigenvalue weighted by Crippen LogP contribution is 2.18. The first kappa shape index (κ1) is 10.7. The first-order chi connectivity index (χ1) is 7.61. The number of amides is 3. The maximum Gasteiger partial charge on any atom is 0.327 e. The van der Waals surface area contributed by atoms with Crippen molar-refractivity contribution >= 4 is 11.9 Å². The topological polar surface area (TPSA) is 40.6 Å². The number of hydrogen-bond acceptors (Lipinski definition) is 2. The number of hydrogen-bond donors (Lipinski definition) is 0. The molecular weight excluding hydrogens is 204 g/mol. The van der Waals surface area contributed by atoms with Crippen LogP contribution in [0, 0.1) is 0 Å². The zero-order valence-corrected chi connectivity index (χ0v) is 9.38. The molecule has 1 unspecified atom stereocenters. The highest BCUT2D eigenvalue weighted by atomic mass is 16.2. The van der Waals surface area contributed by atoms with Gasteiger partial charge in [0.2, 0.25) is 0 Å². The van der Waals surface area contributed by atoms with E-state index < -0.39 is 0 Å². The van der Waals surface area contributed by atoms with E-state index in [9.17, 15) is 9.59 Å². The summed E-state index contributed by atoms with van der Waals surface area (Å²) in [5, 5.41) is 0. The van der Waals surface area contributed by atoms with Gasteiger partial charge >= 0.3 is 6.03 Å². The summed E-state index contributed by atoms with van der Waals surface area (Å²) in [7, 11) is 1.52. The zero-order valence-electron chi connectivity index (χ0n) is 9.38. The molecular formula is C12H14N2O2. The molecule has 1 aliphatic heterocycles. The quantitative estimate of drug-likeness (QED) is 0.705. The van der Waals surface area contributed by atoms with Crippen molar-refractivity contribution in [2.45, 2.75) is 19.5 Å². The molecule has 1 atom stereocenters. The Labute approximate surface area is 94.5 Å². The normalized spacial score (nSPS) is 20.8. The number of urea groups is 1. The molecule has 0 radical (unpaired) electrons. The van der Waals surface area contributed by atoms with Crippen LogP contribution in [0.5, 0.6) is 0 Å². The van der Waals surface area contributed by atoms with Crippen LogP contribution in [0.1, 0.15) is 12.5 Å². The monoisotopic (exact) mass is 218 g/mol. The highest BCUT2D eigenvalue weighted by Gasteiger charge is 2.39. The Kier molecular flexibility index (Phi) is 2.64. The molecule has 16 heavy (non-hydrogen) atoms. The zero-order chi connectivity index (χ0) is 11.7. The molecule has 0 saturated carbocycles. The van der Waals surface area contributed by atoms with Crippen LogP contribution < -0.4 is 0 Å². The lowest BCUT2D eigenvalue weighted by molar-refractivity contribution is -0.127. The van der Waals surface area contributed by atoms with Crippen LogP contribution in [-0.2, 0) is 11.3 Å². The Morgan fingerprint density at radius 3 is 2.31 bits per heavy atom. The summed E-state index contributed by atoms with van der Waals surface area (Å²) in [6, 6.07) is 9.08. The molecule has 1 aliphatic rings. The van der Waals surface area contributed by atoms with Crippen molar-refractivity contribution in [1.82, 2.24) is 9.80 Å². The van der Waals surface area contributed by atoms with Crippen LogP contribution in [0.2, 0.25) is 0 Å². The largest absolute Gasteiger partial charge is 0.327 e. The van der Waals surface area contributed by atoms with Crippen LogP contribution in [0.25, 0.3) is 0 Å². The number of carbonyl (C=O) groups is 2. The van der Waals surface area contributed by atoms with Crippen LogP contribution in [-0.4, -0.2) is 34.8 Å². The number of carbonyl (C=O) groups excluding carboxylic acids is 2. The van der Waals surface area contributed by atoms with Crippen LogP contribution in [0.15, 0.2) is 30.3 Å². The minimum Gasteiger partial charge on any atom is -0.308 e. The number of likely N-dealkylation sites (N-methyl/N-ethyl adjacent to an activating group) is 1. The maximum atomic E-state index is 11.8. The van der Waals surface area contributed by atoms with E-state index in [4.69, 9.17) is 0 Å². The molecule has 1 aromatic rings. The van der Waals surface area contributed by atoms with E-state index in [1.54, 1.807) is 11.8 Å². The fourth-order valence-corrected chi connectivity index (χ4v) is 1.85. The molecule has 1 heterocycles. The Bertz CT molecular complexity index is 416. The second-order valence-electron chi connectivity index (χ2n) is 3.97. The summed E-state index contributed by atoms with van der Waals surface area (Å²) < 4.78 is 0. The maximum absolute atomic E-state index is 11.8. The summed E-state index contributed by atoms with van der Waals surface area (Å²) in [5.74, 6) is -0.138. The number of benzene rings is 1. The summed E-state index contributed by atoms with van der Waals surface area (Å²) >= 11 is 0. The SMILES string of the molecule is CC1C(=O)N(C)C(=O)N1Cc1ccccc1. The van der Waals surface area contributed by atoms with Crippen molar-refractivity contribution in [3.05, 3.63) is 35.9 Å². The second-order valence-corrected chi connectivity index (χ2v) is 3.97. The van der Waals surface area contributed by atoms with E-state index in [2.05, 4.69) is 0 Å². The number of rotatable bonds is 2. The Morgan fingerprint density at radius 1 is 1.19 bits per heavy atom. The van der Waals surface area contributed by atoms with Crippen molar-refractivity contribution in [1.29, 1.82) is 0 Å². The predicted molar refractivity (Wildman–Crippen MR) is 59.6 cm³/mol. The van der Waals surface area contributed by atoms with E-state index in [1.165, 1.54) is 11.9 Å². The average Bonchev–Trinajstić information content (AvgIpc) is 2.48. The number of imide groups is 1. The van der Waals surface area contributed by atoms with E-state index >= 15 is 0 Å². The van der Waals surface area contributed by atoms with Crippen LogP contribution in [0.3, 0.4) is 0 Å². The van der Waals surface area contributed by atoms with Gasteiger partial charge in [0.25, 0.3) is 5.91 Å². The minimum atomic E-state index is -0.363. The van der Waals surface area contributed by atoms with Crippen molar-refractivity contribution < 1.29 is 9.59 Å². The third-order valence-electron chi connectivity index (χ3n) is 2.88. The van der Waals surface area contributed by atoms with Gasteiger partial charge in [-0.1, -0.05) is 30.3 Å². The summed E-state index contributed by atoms with van der Waals surface area (Å²) in [6.07, 6.45) is 0. The highest BCUT2D eigenvalue weighted by molar-refractivity contribution is 6.03. The molecule has 0 bridgehead atoms. The molecule has 84 valence electrons. The van der Waals surface area contributed by atoms with Crippen LogP contribution in [0.4, 0.5) is 4.79 Å². The van der Waals surface area contributed by atoms with Crippen molar-refractivity contribution in [2.75, 3.05) is 7.05 Å². The lowest BCUT2D eigenvalue weighted by atomic mass is 10.2. The lowest BCUT2D eigenvalue weighted by Gasteiger charge is -2.18. The van der Waals surface area contributed by atoms with E-state index in [1.807, 2.05) is 30.3 Å². The molecule has 0 spiro atoms. The van der Waals surface area contributed by atoms with Gasteiger partial charge in [-0.15, -0.1) is 0 Å². The van der Waals surface area contributed by atoms with Gasteiger partial charge in [0, 0.05) is 13.6 Å². The fourth-order valence-electron chi connectivity index (χ4n) is 1.85. The smallest absolute Gasteiger partial charge is 0.308 e. The fraction of sp³-hybridized carbons (Fsp3) is 0.333. The first-order valence-corrected chi connectivity index (χ1v) is 5.23. The van der Waals surface area contributed by atoms with Gasteiger partial charge in [-0.2, -0.15) is 0 Å². The molecule has 1 saturated heterocycles. The Balaban J connectivity index is 2.17. The van der Waals surface area contributed by atoms with Gasteiger partial charge in [0.15, 0.2) is 0 Å². The van der Waals surface area contributed by atoms with E-state index in [0.29, 0.717) is 6.54 Å². The molecule has 0 N–H and O–H groups in total. The molecule has 1 aromatic carbocycles. The predicted octanol–water partition coefficient (Wildman–Crippen LogP) is 1.47. The minimum absolute atomic E-state index is 0.138. The molecule has 3 amide bonds. The van der Waals surface area contributed by atoms with E-state index in [-0.39, 0.29) is 18.0 Å². The van der Waals surface area contributed by atoms with Gasteiger partial charge in [0.05, 0.1) is 0 Å². The first-order valence-electron chi connectivity index (χ1n) is 5.23. The third kappa shape index (κ3) is 1.66. The van der Waals surface area contributed by atoms with Crippen molar-refractivity contribution in [2.24, 2.45) is 0 Å². The molecule has 0 aromatic heterocycles. The van der Waals surface area contributed by atoms with Crippen molar-refractivity contribution in [3.63, 3.8) is 0 Å². The molecule has 4 nitrogen and oxygen atoms in total. The number of nitrogens with zero attached hydrogens (tertiary/aromatic N) is 2. The Morgan fingerprint density at radius 2 is 1.81 bits per heavy atom. The molecule has 0 aliphatic carbocycles. The lowest BCUT2D eigenvalue weighted by Crippen LogP contribution is -2.32. The van der Waals surface area contributed by atoms with Gasteiger partial charge in [0.1, 0.15) is 6.04 Å². The average molecular weight is 218 g/mol. The van der Waals surface area contributed by atoms with Gasteiger partial charge in [-0.05, 0) is 12.5 Å². The molecule has 4 heteroatoms. The molecule has 1 fully saturated rings. The third-order valence-corrected chi connectivity index (χ3v) is 2.88. The second kappa shape index (κ2) is 3.96. The van der Waals surface area contributed by atoms with Gasteiger partial charge < -0.3 is 4.90 Å². The summed E-state index contributed by atoms with van der Waals surface area (Å²) in [6.45, 7) is 2.24. The van der Waals surface area contributed by atoms with Crippen LogP contribution >= 0.6 is 0 Å². The molecule has 2 rings (SSSR count). The standard InChI is InChI=1S/C12H14N2O2/c1-9-11(15)13(2)12(16)14(9)8-10-6-4-3-5-7-10/h3-7,9H,8H2,1-2H3.